The van der Waals surface area contributed by atoms with Crippen LogP contribution in [0.1, 0.15) is 11.5 Å². The Hall–Kier alpha value is -1.22. The van der Waals surface area contributed by atoms with Gasteiger partial charge in [-0.05, 0) is 26.0 Å². The summed E-state index contributed by atoms with van der Waals surface area (Å²) >= 11 is 5.76. The van der Waals surface area contributed by atoms with Gasteiger partial charge >= 0.3 is 0 Å². The Morgan fingerprint density at radius 3 is 2.62 bits per heavy atom. The first-order chi connectivity index (χ1) is 6.16. The number of pyridine rings is 1. The summed E-state index contributed by atoms with van der Waals surface area (Å²) in [6.07, 6.45) is 0. The van der Waals surface area contributed by atoms with Crippen LogP contribution in [0.4, 0.5) is 0 Å². The van der Waals surface area contributed by atoms with Crippen LogP contribution in [0.25, 0.3) is 11.0 Å². The van der Waals surface area contributed by atoms with Crippen LogP contribution in [-0.4, -0.2) is 15.0 Å². The standard InChI is InChI=1S/C9H8ClN3/c1-5-9-7(12-6(2)11-5)3-4-8(10)13-9/h3-4H,1-2H3. The lowest BCUT2D eigenvalue weighted by Crippen LogP contribution is -1.94. The first-order valence-electron chi connectivity index (χ1n) is 3.94. The van der Waals surface area contributed by atoms with E-state index in [2.05, 4.69) is 15.0 Å². The maximum absolute atomic E-state index is 5.76. The van der Waals surface area contributed by atoms with Gasteiger partial charge in [0.25, 0.3) is 0 Å². The third-order valence-corrected chi connectivity index (χ3v) is 2.00. The van der Waals surface area contributed by atoms with E-state index in [-0.39, 0.29) is 0 Å². The average Bonchev–Trinajstić information content (AvgIpc) is 2.06. The second kappa shape index (κ2) is 2.92. The van der Waals surface area contributed by atoms with Crippen molar-refractivity contribution in [3.05, 3.63) is 28.8 Å². The molecule has 2 heterocycles. The maximum Gasteiger partial charge on any atom is 0.129 e. The molecule has 0 aliphatic heterocycles. The van der Waals surface area contributed by atoms with Gasteiger partial charge in [-0.3, -0.25) is 0 Å². The molecule has 0 saturated carbocycles. The predicted octanol–water partition coefficient (Wildman–Crippen LogP) is 2.30. The quantitative estimate of drug-likeness (QED) is 0.603. The summed E-state index contributed by atoms with van der Waals surface area (Å²) in [6, 6.07) is 3.59. The normalized spacial score (nSPS) is 10.7. The summed E-state index contributed by atoms with van der Waals surface area (Å²) in [4.78, 5) is 12.6. The fraction of sp³-hybridized carbons (Fsp3) is 0.222. The van der Waals surface area contributed by atoms with E-state index in [0.29, 0.717) is 5.15 Å². The molecule has 0 saturated heterocycles. The number of aryl methyl sites for hydroxylation is 2. The lowest BCUT2D eigenvalue weighted by Gasteiger charge is -2.01. The minimum Gasteiger partial charge on any atom is -0.236 e. The zero-order chi connectivity index (χ0) is 9.42. The number of rotatable bonds is 0. The molecule has 0 fully saturated rings. The van der Waals surface area contributed by atoms with Gasteiger partial charge in [-0.1, -0.05) is 11.6 Å². The van der Waals surface area contributed by atoms with Gasteiger partial charge in [0, 0.05) is 0 Å². The zero-order valence-corrected chi connectivity index (χ0v) is 8.13. The summed E-state index contributed by atoms with van der Waals surface area (Å²) in [5, 5.41) is 0.475. The molecular weight excluding hydrogens is 186 g/mol. The van der Waals surface area contributed by atoms with Gasteiger partial charge in [-0.2, -0.15) is 0 Å². The molecular formula is C9H8ClN3. The minimum absolute atomic E-state index is 0.475. The molecule has 0 amide bonds. The van der Waals surface area contributed by atoms with Gasteiger partial charge in [0.1, 0.15) is 16.5 Å². The average molecular weight is 194 g/mol. The van der Waals surface area contributed by atoms with E-state index in [4.69, 9.17) is 11.6 Å². The molecule has 66 valence electrons. The first-order valence-corrected chi connectivity index (χ1v) is 4.32. The minimum atomic E-state index is 0.475. The third-order valence-electron chi connectivity index (χ3n) is 1.79. The monoisotopic (exact) mass is 193 g/mol. The topological polar surface area (TPSA) is 38.7 Å². The summed E-state index contributed by atoms with van der Waals surface area (Å²) in [5.41, 5.74) is 2.48. The molecule has 4 heteroatoms. The Labute approximate surface area is 80.8 Å². The molecule has 0 N–H and O–H groups in total. The van der Waals surface area contributed by atoms with Gasteiger partial charge in [-0.25, -0.2) is 15.0 Å². The van der Waals surface area contributed by atoms with Crippen molar-refractivity contribution < 1.29 is 0 Å². The van der Waals surface area contributed by atoms with Crippen LogP contribution in [0.3, 0.4) is 0 Å². The highest BCUT2D eigenvalue weighted by Crippen LogP contribution is 2.15. The predicted molar refractivity (Wildman–Crippen MR) is 51.8 cm³/mol. The molecule has 0 aliphatic carbocycles. The molecule has 0 spiro atoms. The Bertz CT molecular complexity index is 468. The maximum atomic E-state index is 5.76. The van der Waals surface area contributed by atoms with Crippen molar-refractivity contribution in [2.24, 2.45) is 0 Å². The fourth-order valence-corrected chi connectivity index (χ4v) is 1.43. The van der Waals surface area contributed by atoms with E-state index in [0.717, 1.165) is 22.6 Å². The van der Waals surface area contributed by atoms with Crippen molar-refractivity contribution in [3.8, 4) is 0 Å². The number of nitrogens with zero attached hydrogens (tertiary/aromatic N) is 3. The highest BCUT2D eigenvalue weighted by molar-refractivity contribution is 6.29. The largest absolute Gasteiger partial charge is 0.236 e. The highest BCUT2D eigenvalue weighted by atomic mass is 35.5. The van der Waals surface area contributed by atoms with Gasteiger partial charge in [0.15, 0.2) is 0 Å². The Morgan fingerprint density at radius 2 is 1.85 bits per heavy atom. The first kappa shape index (κ1) is 8.38. The SMILES string of the molecule is Cc1nc(C)c2nc(Cl)ccc2n1. The van der Waals surface area contributed by atoms with Gasteiger partial charge < -0.3 is 0 Å². The van der Waals surface area contributed by atoms with Crippen molar-refractivity contribution in [1.29, 1.82) is 0 Å². The second-order valence-corrected chi connectivity index (χ2v) is 3.25. The fourth-order valence-electron chi connectivity index (χ4n) is 1.28. The van der Waals surface area contributed by atoms with E-state index < -0.39 is 0 Å². The van der Waals surface area contributed by atoms with Crippen LogP contribution in [-0.2, 0) is 0 Å². The number of halogens is 1. The third kappa shape index (κ3) is 1.47. The smallest absolute Gasteiger partial charge is 0.129 e. The summed E-state index contributed by atoms with van der Waals surface area (Å²) < 4.78 is 0. The van der Waals surface area contributed by atoms with Crippen LogP contribution < -0.4 is 0 Å². The van der Waals surface area contributed by atoms with E-state index in [1.165, 1.54) is 0 Å². The zero-order valence-electron chi connectivity index (χ0n) is 7.37. The second-order valence-electron chi connectivity index (χ2n) is 2.86. The van der Waals surface area contributed by atoms with Crippen molar-refractivity contribution in [3.63, 3.8) is 0 Å². The Balaban J connectivity index is 2.87. The van der Waals surface area contributed by atoms with Crippen LogP contribution in [0.2, 0.25) is 5.15 Å². The van der Waals surface area contributed by atoms with Crippen molar-refractivity contribution >= 4 is 22.6 Å². The molecule has 0 unspecified atom stereocenters. The number of hydrogen-bond acceptors (Lipinski definition) is 3. The number of aromatic nitrogens is 3. The Kier molecular flexibility index (Phi) is 1.88. The van der Waals surface area contributed by atoms with Crippen LogP contribution in [0.15, 0.2) is 12.1 Å². The molecule has 2 rings (SSSR count). The van der Waals surface area contributed by atoms with Crippen molar-refractivity contribution in [2.75, 3.05) is 0 Å². The van der Waals surface area contributed by atoms with E-state index in [1.54, 1.807) is 6.07 Å². The summed E-state index contributed by atoms with van der Waals surface area (Å²) in [7, 11) is 0. The molecule has 0 radical (unpaired) electrons. The summed E-state index contributed by atoms with van der Waals surface area (Å²) in [6.45, 7) is 3.77. The number of fused-ring (bicyclic) bond motifs is 1. The van der Waals surface area contributed by atoms with Gasteiger partial charge in [0.05, 0.1) is 11.2 Å². The van der Waals surface area contributed by atoms with Crippen LogP contribution >= 0.6 is 11.6 Å². The summed E-state index contributed by atoms with van der Waals surface area (Å²) in [5.74, 6) is 0.758. The van der Waals surface area contributed by atoms with Crippen LogP contribution in [0.5, 0.6) is 0 Å². The van der Waals surface area contributed by atoms with Crippen molar-refractivity contribution in [2.45, 2.75) is 13.8 Å². The van der Waals surface area contributed by atoms with E-state index >= 15 is 0 Å². The van der Waals surface area contributed by atoms with Crippen molar-refractivity contribution in [1.82, 2.24) is 15.0 Å². The molecule has 2 aromatic heterocycles. The number of hydrogen-bond donors (Lipinski definition) is 0. The molecule has 13 heavy (non-hydrogen) atoms. The van der Waals surface area contributed by atoms with Gasteiger partial charge in [-0.15, -0.1) is 0 Å². The van der Waals surface area contributed by atoms with Gasteiger partial charge in [0.2, 0.25) is 0 Å². The molecule has 0 aliphatic rings. The van der Waals surface area contributed by atoms with E-state index in [1.807, 2.05) is 19.9 Å². The lowest BCUT2D eigenvalue weighted by atomic mass is 10.3. The Morgan fingerprint density at radius 1 is 1.08 bits per heavy atom. The lowest BCUT2D eigenvalue weighted by molar-refractivity contribution is 1.04. The van der Waals surface area contributed by atoms with E-state index in [9.17, 15) is 0 Å². The molecule has 0 bridgehead atoms. The molecule has 0 atom stereocenters. The molecule has 2 aromatic rings. The molecule has 3 nitrogen and oxygen atoms in total. The highest BCUT2D eigenvalue weighted by Gasteiger charge is 2.03. The molecule has 0 aromatic carbocycles. The van der Waals surface area contributed by atoms with Crippen LogP contribution in [0, 0.1) is 13.8 Å².